The van der Waals surface area contributed by atoms with Crippen molar-refractivity contribution < 1.29 is 28.8 Å². The third-order valence-electron chi connectivity index (χ3n) is 2.83. The molecule has 21 heavy (non-hydrogen) atoms. The lowest BCUT2D eigenvalue weighted by atomic mass is 9.97. The number of methoxy groups -OCH3 is 2. The number of carbonyl (C=O) groups is 2. The SMILES string of the molecule is COOCc1c(N)c(C(=O)OC)c(N)c(C(=O)OC)c1N. The summed E-state index contributed by atoms with van der Waals surface area (Å²) in [5.74, 6) is -1.62. The monoisotopic (exact) mass is 299 g/mol. The summed E-state index contributed by atoms with van der Waals surface area (Å²) >= 11 is 0. The second-order valence-corrected chi connectivity index (χ2v) is 3.88. The molecule has 0 aliphatic carbocycles. The topological polar surface area (TPSA) is 149 Å². The van der Waals surface area contributed by atoms with Crippen LogP contribution in [0.1, 0.15) is 26.3 Å². The van der Waals surface area contributed by atoms with Gasteiger partial charge in [-0.05, 0) is 0 Å². The molecule has 0 amide bonds. The zero-order valence-electron chi connectivity index (χ0n) is 11.9. The minimum absolute atomic E-state index is 0.0541. The first-order valence-electron chi connectivity index (χ1n) is 5.72. The second-order valence-electron chi connectivity index (χ2n) is 3.88. The third-order valence-corrected chi connectivity index (χ3v) is 2.83. The van der Waals surface area contributed by atoms with E-state index in [1.54, 1.807) is 0 Å². The van der Waals surface area contributed by atoms with Gasteiger partial charge in [0.2, 0.25) is 0 Å². The Morgan fingerprint density at radius 2 is 1.29 bits per heavy atom. The Morgan fingerprint density at radius 3 is 1.62 bits per heavy atom. The number of esters is 2. The van der Waals surface area contributed by atoms with E-state index in [4.69, 9.17) is 22.1 Å². The molecule has 0 spiro atoms. The number of carbonyl (C=O) groups excluding carboxylic acids is 2. The van der Waals surface area contributed by atoms with Crippen molar-refractivity contribution >= 4 is 29.0 Å². The van der Waals surface area contributed by atoms with Crippen LogP contribution in [0.25, 0.3) is 0 Å². The molecule has 0 heterocycles. The maximum atomic E-state index is 11.8. The quantitative estimate of drug-likeness (QED) is 0.297. The van der Waals surface area contributed by atoms with Crippen LogP contribution in [0.4, 0.5) is 17.1 Å². The Kier molecular flexibility index (Phi) is 5.33. The molecule has 9 heteroatoms. The first-order valence-corrected chi connectivity index (χ1v) is 5.72. The summed E-state index contributed by atoms with van der Waals surface area (Å²) in [5, 5.41) is 0. The minimum atomic E-state index is -0.811. The Bertz CT molecular complexity index is 530. The molecule has 0 aromatic heterocycles. The normalized spacial score (nSPS) is 10.2. The predicted molar refractivity (Wildman–Crippen MR) is 74.2 cm³/mol. The zero-order valence-corrected chi connectivity index (χ0v) is 11.9. The van der Waals surface area contributed by atoms with Crippen LogP contribution in [-0.4, -0.2) is 33.3 Å². The number of rotatable bonds is 5. The Labute approximate surface area is 120 Å². The van der Waals surface area contributed by atoms with Gasteiger partial charge in [-0.25, -0.2) is 19.4 Å². The van der Waals surface area contributed by atoms with Crippen molar-refractivity contribution in [1.29, 1.82) is 0 Å². The number of nitrogen functional groups attached to an aromatic ring is 3. The molecular formula is C12H17N3O6. The molecule has 6 N–H and O–H groups in total. The summed E-state index contributed by atoms with van der Waals surface area (Å²) in [5.41, 5.74) is 17.0. The highest BCUT2D eigenvalue weighted by Crippen LogP contribution is 2.35. The summed E-state index contributed by atoms with van der Waals surface area (Å²) in [4.78, 5) is 32.8. The van der Waals surface area contributed by atoms with Crippen LogP contribution in [0.2, 0.25) is 0 Å². The number of hydrogen-bond acceptors (Lipinski definition) is 9. The maximum Gasteiger partial charge on any atom is 0.342 e. The van der Waals surface area contributed by atoms with Crippen molar-refractivity contribution in [3.63, 3.8) is 0 Å². The van der Waals surface area contributed by atoms with E-state index in [0.717, 1.165) is 14.2 Å². The molecule has 0 radical (unpaired) electrons. The minimum Gasteiger partial charge on any atom is -0.465 e. The maximum absolute atomic E-state index is 11.8. The highest BCUT2D eigenvalue weighted by Gasteiger charge is 2.28. The molecule has 0 atom stereocenters. The summed E-state index contributed by atoms with van der Waals surface area (Å²) in [6.07, 6.45) is 0. The second kappa shape index (κ2) is 6.77. The van der Waals surface area contributed by atoms with Crippen LogP contribution in [0.15, 0.2) is 0 Å². The van der Waals surface area contributed by atoms with Crippen molar-refractivity contribution in [2.24, 2.45) is 0 Å². The molecule has 0 fully saturated rings. The van der Waals surface area contributed by atoms with E-state index in [-0.39, 0.29) is 40.4 Å². The van der Waals surface area contributed by atoms with Crippen molar-refractivity contribution in [1.82, 2.24) is 0 Å². The zero-order chi connectivity index (χ0) is 16.2. The molecule has 0 aliphatic heterocycles. The van der Waals surface area contributed by atoms with E-state index >= 15 is 0 Å². The van der Waals surface area contributed by atoms with E-state index in [1.807, 2.05) is 0 Å². The van der Waals surface area contributed by atoms with Crippen molar-refractivity contribution in [3.8, 4) is 0 Å². The fourth-order valence-corrected chi connectivity index (χ4v) is 1.78. The van der Waals surface area contributed by atoms with Crippen LogP contribution >= 0.6 is 0 Å². The molecule has 0 saturated heterocycles. The van der Waals surface area contributed by atoms with Crippen molar-refractivity contribution in [2.75, 3.05) is 38.5 Å². The van der Waals surface area contributed by atoms with Crippen LogP contribution in [-0.2, 0) is 25.9 Å². The van der Waals surface area contributed by atoms with Gasteiger partial charge >= 0.3 is 11.9 Å². The van der Waals surface area contributed by atoms with E-state index in [1.165, 1.54) is 7.11 Å². The van der Waals surface area contributed by atoms with Gasteiger partial charge in [-0.15, -0.1) is 0 Å². The van der Waals surface area contributed by atoms with E-state index in [2.05, 4.69) is 14.4 Å². The molecule has 0 bridgehead atoms. The van der Waals surface area contributed by atoms with Gasteiger partial charge in [-0.2, -0.15) is 0 Å². The number of ether oxygens (including phenoxy) is 2. The highest BCUT2D eigenvalue weighted by atomic mass is 17.2. The molecule has 1 aromatic carbocycles. The fourth-order valence-electron chi connectivity index (χ4n) is 1.78. The van der Waals surface area contributed by atoms with Gasteiger partial charge in [-0.1, -0.05) is 0 Å². The molecular weight excluding hydrogens is 282 g/mol. The van der Waals surface area contributed by atoms with Crippen molar-refractivity contribution in [2.45, 2.75) is 6.61 Å². The largest absolute Gasteiger partial charge is 0.465 e. The lowest BCUT2D eigenvalue weighted by Gasteiger charge is -2.18. The van der Waals surface area contributed by atoms with Crippen LogP contribution in [0.3, 0.4) is 0 Å². The number of hydrogen-bond donors (Lipinski definition) is 3. The summed E-state index contributed by atoms with van der Waals surface area (Å²) in [6.45, 7) is -0.192. The fraction of sp³-hybridized carbons (Fsp3) is 0.333. The molecule has 1 rings (SSSR count). The molecule has 0 aliphatic rings. The van der Waals surface area contributed by atoms with Crippen LogP contribution < -0.4 is 17.2 Å². The van der Waals surface area contributed by atoms with Gasteiger partial charge in [0.15, 0.2) is 0 Å². The van der Waals surface area contributed by atoms with Gasteiger partial charge < -0.3 is 26.7 Å². The lowest BCUT2D eigenvalue weighted by Crippen LogP contribution is -2.19. The number of benzene rings is 1. The summed E-state index contributed by atoms with van der Waals surface area (Å²) < 4.78 is 9.20. The average molecular weight is 299 g/mol. The number of anilines is 3. The Hall–Kier alpha value is -2.52. The first kappa shape index (κ1) is 16.5. The Morgan fingerprint density at radius 1 is 0.857 bits per heavy atom. The van der Waals surface area contributed by atoms with Crippen LogP contribution in [0, 0.1) is 0 Å². The average Bonchev–Trinajstić information content (AvgIpc) is 2.46. The number of nitrogens with two attached hydrogens (primary N) is 3. The van der Waals surface area contributed by atoms with Crippen molar-refractivity contribution in [3.05, 3.63) is 16.7 Å². The smallest absolute Gasteiger partial charge is 0.342 e. The first-order chi connectivity index (χ1) is 9.90. The molecule has 9 nitrogen and oxygen atoms in total. The van der Waals surface area contributed by atoms with Gasteiger partial charge in [0.1, 0.15) is 17.7 Å². The molecule has 116 valence electrons. The summed E-state index contributed by atoms with van der Waals surface area (Å²) in [7, 11) is 3.59. The van der Waals surface area contributed by atoms with Gasteiger partial charge in [0, 0.05) is 5.56 Å². The lowest BCUT2D eigenvalue weighted by molar-refractivity contribution is -0.282. The highest BCUT2D eigenvalue weighted by molar-refractivity contribution is 6.11. The molecule has 0 saturated carbocycles. The van der Waals surface area contributed by atoms with E-state index < -0.39 is 11.9 Å². The van der Waals surface area contributed by atoms with Gasteiger partial charge in [0.25, 0.3) is 0 Å². The standard InChI is InChI=1S/C12H17N3O6/c1-18-11(16)6-8(13)5(4-21-20-3)9(14)7(10(6)15)12(17)19-2/h4,13-15H2,1-3H3. The summed E-state index contributed by atoms with van der Waals surface area (Å²) in [6, 6.07) is 0. The van der Waals surface area contributed by atoms with Gasteiger partial charge in [-0.3, -0.25) is 0 Å². The van der Waals surface area contributed by atoms with Crippen LogP contribution in [0.5, 0.6) is 0 Å². The van der Waals surface area contributed by atoms with E-state index in [0.29, 0.717) is 0 Å². The van der Waals surface area contributed by atoms with Gasteiger partial charge in [0.05, 0.1) is 38.4 Å². The Balaban J connectivity index is 3.65. The molecule has 0 unspecified atom stereocenters. The molecule has 1 aromatic rings. The third kappa shape index (κ3) is 2.98. The predicted octanol–water partition coefficient (Wildman–Crippen LogP) is 0.0844. The van der Waals surface area contributed by atoms with E-state index in [9.17, 15) is 9.59 Å².